The van der Waals surface area contributed by atoms with Crippen molar-refractivity contribution in [2.45, 2.75) is 44.7 Å². The van der Waals surface area contributed by atoms with Crippen molar-refractivity contribution in [2.24, 2.45) is 5.92 Å². The van der Waals surface area contributed by atoms with E-state index in [2.05, 4.69) is 22.3 Å². The molecule has 1 saturated carbocycles. The van der Waals surface area contributed by atoms with Crippen LogP contribution in [0.5, 0.6) is 0 Å². The summed E-state index contributed by atoms with van der Waals surface area (Å²) in [5.41, 5.74) is 1.32. The van der Waals surface area contributed by atoms with Crippen LogP contribution in [0, 0.1) is 5.92 Å². The van der Waals surface area contributed by atoms with Crippen LogP contribution in [0.25, 0.3) is 0 Å². The predicted molar refractivity (Wildman–Crippen MR) is 117 cm³/mol. The molecule has 1 spiro atoms. The summed E-state index contributed by atoms with van der Waals surface area (Å²) in [5, 5.41) is 2.90. The lowest BCUT2D eigenvalue weighted by Gasteiger charge is -2.36. The Morgan fingerprint density at radius 1 is 1.19 bits per heavy atom. The number of ether oxygens (including phenoxy) is 1. The molecule has 31 heavy (non-hydrogen) atoms. The van der Waals surface area contributed by atoms with E-state index in [4.69, 9.17) is 4.74 Å². The third-order valence-electron chi connectivity index (χ3n) is 6.95. The molecule has 8 nitrogen and oxygen atoms in total. The summed E-state index contributed by atoms with van der Waals surface area (Å²) in [5.74, 6) is -0.414. The Bertz CT molecular complexity index is 836. The Balaban J connectivity index is 1.35. The van der Waals surface area contributed by atoms with E-state index < -0.39 is 11.6 Å². The summed E-state index contributed by atoms with van der Waals surface area (Å²) in [4.78, 5) is 43.3. The normalized spacial score (nSPS) is 26.3. The number of nitrogens with zero attached hydrogens (tertiary/aromatic N) is 3. The molecule has 168 valence electrons. The van der Waals surface area contributed by atoms with E-state index in [0.717, 1.165) is 61.7 Å². The number of amides is 4. The lowest BCUT2D eigenvalue weighted by Crippen LogP contribution is -2.54. The van der Waals surface area contributed by atoms with Crippen molar-refractivity contribution in [3.63, 3.8) is 0 Å². The number of morpholine rings is 1. The van der Waals surface area contributed by atoms with Crippen LogP contribution in [0.1, 0.15) is 38.2 Å². The molecular weight excluding hydrogens is 396 g/mol. The van der Waals surface area contributed by atoms with E-state index in [-0.39, 0.29) is 24.3 Å². The van der Waals surface area contributed by atoms with E-state index in [0.29, 0.717) is 13.0 Å². The molecule has 4 rings (SSSR count). The summed E-state index contributed by atoms with van der Waals surface area (Å²) in [7, 11) is 1.70. The van der Waals surface area contributed by atoms with E-state index in [1.807, 2.05) is 19.1 Å². The molecule has 2 atom stereocenters. The Morgan fingerprint density at radius 3 is 2.58 bits per heavy atom. The molecule has 3 aliphatic rings. The van der Waals surface area contributed by atoms with Crippen molar-refractivity contribution < 1.29 is 19.1 Å². The Labute approximate surface area is 183 Å². The molecule has 0 aromatic heterocycles. The maximum absolute atomic E-state index is 13.1. The number of anilines is 1. The van der Waals surface area contributed by atoms with Gasteiger partial charge in [0.1, 0.15) is 12.1 Å². The first kappa shape index (κ1) is 21.6. The van der Waals surface area contributed by atoms with Gasteiger partial charge in [-0.25, -0.2) is 4.79 Å². The third-order valence-corrected chi connectivity index (χ3v) is 6.95. The number of carbonyl (C=O) groups is 3. The Kier molecular flexibility index (Phi) is 6.18. The van der Waals surface area contributed by atoms with Crippen molar-refractivity contribution in [3.8, 4) is 0 Å². The van der Waals surface area contributed by atoms with Crippen LogP contribution in [0.15, 0.2) is 24.3 Å². The highest BCUT2D eigenvalue weighted by molar-refractivity contribution is 6.09. The number of hydrogen-bond acceptors (Lipinski definition) is 5. The average molecular weight is 429 g/mol. The number of urea groups is 1. The second-order valence-electron chi connectivity index (χ2n) is 8.96. The fraction of sp³-hybridized carbons (Fsp3) is 0.609. The van der Waals surface area contributed by atoms with Gasteiger partial charge in [-0.2, -0.15) is 0 Å². The topological polar surface area (TPSA) is 82.2 Å². The molecular formula is C23H32N4O4. The van der Waals surface area contributed by atoms with Crippen molar-refractivity contribution in [3.05, 3.63) is 29.8 Å². The van der Waals surface area contributed by atoms with Gasteiger partial charge in [-0.1, -0.05) is 31.9 Å². The summed E-state index contributed by atoms with van der Waals surface area (Å²) in [6.45, 7) is 5.45. The smallest absolute Gasteiger partial charge is 0.325 e. The van der Waals surface area contributed by atoms with Crippen molar-refractivity contribution >= 4 is 23.5 Å². The molecule has 3 fully saturated rings. The molecule has 4 amide bonds. The van der Waals surface area contributed by atoms with E-state index in [9.17, 15) is 14.4 Å². The average Bonchev–Trinajstić information content (AvgIpc) is 3.01. The van der Waals surface area contributed by atoms with Crippen LogP contribution < -0.4 is 10.2 Å². The van der Waals surface area contributed by atoms with Crippen LogP contribution >= 0.6 is 0 Å². The maximum Gasteiger partial charge on any atom is 0.325 e. The van der Waals surface area contributed by atoms with Gasteiger partial charge in [-0.15, -0.1) is 0 Å². The molecule has 1 aromatic rings. The van der Waals surface area contributed by atoms with Gasteiger partial charge in [0, 0.05) is 32.4 Å². The number of nitrogens with one attached hydrogen (secondary N) is 1. The number of rotatable bonds is 5. The number of hydrogen-bond donors (Lipinski definition) is 1. The first-order chi connectivity index (χ1) is 14.9. The van der Waals surface area contributed by atoms with Gasteiger partial charge >= 0.3 is 6.03 Å². The summed E-state index contributed by atoms with van der Waals surface area (Å²) in [6, 6.07) is 7.70. The molecule has 1 aliphatic carbocycles. The van der Waals surface area contributed by atoms with E-state index in [1.54, 1.807) is 11.9 Å². The number of carbonyl (C=O) groups excluding carboxylic acids is 3. The Morgan fingerprint density at radius 2 is 1.90 bits per heavy atom. The molecule has 2 saturated heterocycles. The van der Waals surface area contributed by atoms with Gasteiger partial charge in [0.15, 0.2) is 0 Å². The van der Waals surface area contributed by atoms with Gasteiger partial charge in [0.2, 0.25) is 5.91 Å². The summed E-state index contributed by atoms with van der Waals surface area (Å²) < 4.78 is 5.39. The van der Waals surface area contributed by atoms with Gasteiger partial charge in [-0.3, -0.25) is 14.5 Å². The standard InChI is InChI=1S/C23H32N4O4/c1-17-5-3-4-10-23(17)21(29)27(22(30)24-23)16-20(28)25(2)15-18-6-8-19(9-7-18)26-11-13-31-14-12-26/h6-9,17H,3-5,10-16H2,1-2H3,(H,24,30)/t17-,23+/m0/s1. The lowest BCUT2D eigenvalue weighted by molar-refractivity contribution is -0.140. The zero-order valence-electron chi connectivity index (χ0n) is 18.4. The second-order valence-corrected chi connectivity index (χ2v) is 8.96. The molecule has 2 heterocycles. The largest absolute Gasteiger partial charge is 0.378 e. The first-order valence-corrected chi connectivity index (χ1v) is 11.2. The van der Waals surface area contributed by atoms with Crippen molar-refractivity contribution in [1.29, 1.82) is 0 Å². The quantitative estimate of drug-likeness (QED) is 0.726. The summed E-state index contributed by atoms with van der Waals surface area (Å²) in [6.07, 6.45) is 3.54. The molecule has 1 N–H and O–H groups in total. The van der Waals surface area contributed by atoms with E-state index in [1.165, 1.54) is 0 Å². The minimum atomic E-state index is -0.830. The molecule has 0 radical (unpaired) electrons. The molecule has 8 heteroatoms. The zero-order valence-corrected chi connectivity index (χ0v) is 18.4. The third kappa shape index (κ3) is 4.26. The fourth-order valence-corrected chi connectivity index (χ4v) is 4.89. The van der Waals surface area contributed by atoms with Gasteiger partial charge < -0.3 is 19.9 Å². The van der Waals surface area contributed by atoms with Crippen molar-refractivity contribution in [1.82, 2.24) is 15.1 Å². The molecule has 0 bridgehead atoms. The van der Waals surface area contributed by atoms with Crippen LogP contribution in [0.3, 0.4) is 0 Å². The minimum absolute atomic E-state index is 0.0838. The van der Waals surface area contributed by atoms with Crippen LogP contribution in [0.2, 0.25) is 0 Å². The maximum atomic E-state index is 13.1. The van der Waals surface area contributed by atoms with Crippen LogP contribution in [0.4, 0.5) is 10.5 Å². The van der Waals surface area contributed by atoms with Gasteiger partial charge in [0.25, 0.3) is 5.91 Å². The van der Waals surface area contributed by atoms with Crippen LogP contribution in [-0.2, 0) is 20.9 Å². The molecule has 1 aromatic carbocycles. The fourth-order valence-electron chi connectivity index (χ4n) is 4.89. The minimum Gasteiger partial charge on any atom is -0.378 e. The Hall–Kier alpha value is -2.61. The van der Waals surface area contributed by atoms with Gasteiger partial charge in [0.05, 0.1) is 13.2 Å². The zero-order chi connectivity index (χ0) is 22.0. The highest BCUT2D eigenvalue weighted by Gasteiger charge is 2.55. The molecule has 0 unspecified atom stereocenters. The number of likely N-dealkylation sites (N-methyl/N-ethyl adjacent to an activating group) is 1. The highest BCUT2D eigenvalue weighted by Crippen LogP contribution is 2.38. The van der Waals surface area contributed by atoms with Gasteiger partial charge in [-0.05, 0) is 36.5 Å². The predicted octanol–water partition coefficient (Wildman–Crippen LogP) is 1.98. The van der Waals surface area contributed by atoms with Crippen LogP contribution in [-0.4, -0.2) is 73.1 Å². The van der Waals surface area contributed by atoms with Crippen molar-refractivity contribution in [2.75, 3.05) is 44.8 Å². The van der Waals surface area contributed by atoms with E-state index >= 15 is 0 Å². The second kappa shape index (κ2) is 8.86. The summed E-state index contributed by atoms with van der Waals surface area (Å²) >= 11 is 0. The first-order valence-electron chi connectivity index (χ1n) is 11.2. The molecule has 2 aliphatic heterocycles. The monoisotopic (exact) mass is 428 g/mol. The number of benzene rings is 1. The SMILES string of the molecule is C[C@H]1CCCC[C@@]12NC(=O)N(CC(=O)N(C)Cc1ccc(N3CCOCC3)cc1)C2=O. The highest BCUT2D eigenvalue weighted by atomic mass is 16.5. The number of imide groups is 1. The lowest BCUT2D eigenvalue weighted by atomic mass is 9.73.